The molecule has 1 aromatic heterocycles. The second-order valence-electron chi connectivity index (χ2n) is 6.10. The van der Waals surface area contributed by atoms with Crippen LogP contribution >= 0.6 is 0 Å². The number of aromatic nitrogens is 1. The van der Waals surface area contributed by atoms with Crippen LogP contribution in [-0.2, 0) is 14.3 Å². The minimum atomic E-state index is -0.625. The van der Waals surface area contributed by atoms with Crippen LogP contribution in [0.5, 0.6) is 5.75 Å². The highest BCUT2D eigenvalue weighted by Crippen LogP contribution is 2.15. The number of rotatable bonds is 12. The van der Waals surface area contributed by atoms with Crippen molar-refractivity contribution in [2.75, 3.05) is 18.5 Å². The Morgan fingerprint density at radius 3 is 2.54 bits per heavy atom. The summed E-state index contributed by atoms with van der Waals surface area (Å²) in [6.07, 6.45) is 4.44. The van der Waals surface area contributed by atoms with Gasteiger partial charge in [0.05, 0.1) is 13.0 Å². The first-order valence-electron chi connectivity index (χ1n) is 9.20. The first-order valence-corrected chi connectivity index (χ1v) is 9.20. The van der Waals surface area contributed by atoms with Gasteiger partial charge >= 0.3 is 5.97 Å². The zero-order chi connectivity index (χ0) is 20.2. The second-order valence-corrected chi connectivity index (χ2v) is 6.10. The van der Waals surface area contributed by atoms with E-state index in [1.165, 1.54) is 12.3 Å². The summed E-state index contributed by atoms with van der Waals surface area (Å²) in [7, 11) is 0. The molecule has 0 aliphatic heterocycles. The molecule has 0 radical (unpaired) electrons. The summed E-state index contributed by atoms with van der Waals surface area (Å²) in [6, 6.07) is 8.29. The maximum atomic E-state index is 12.2. The fraction of sp³-hybridized carbons (Fsp3) is 0.400. The first kappa shape index (κ1) is 21.1. The Labute approximate surface area is 163 Å². The molecule has 1 amide bonds. The zero-order valence-corrected chi connectivity index (χ0v) is 15.8. The molecule has 2 rings (SSSR count). The van der Waals surface area contributed by atoms with E-state index in [0.29, 0.717) is 17.9 Å². The van der Waals surface area contributed by atoms with Crippen LogP contribution in [0.1, 0.15) is 49.4 Å². The van der Waals surface area contributed by atoms with Crippen molar-refractivity contribution in [3.8, 4) is 5.75 Å². The molecule has 0 aliphatic rings. The molecule has 150 valence electrons. The highest BCUT2D eigenvalue weighted by Gasteiger charge is 2.13. The lowest BCUT2D eigenvalue weighted by Gasteiger charge is -2.07. The highest BCUT2D eigenvalue weighted by molar-refractivity contribution is 5.98. The molecule has 0 atom stereocenters. The van der Waals surface area contributed by atoms with Crippen molar-refractivity contribution in [2.24, 2.45) is 0 Å². The molecule has 8 nitrogen and oxygen atoms in total. The second kappa shape index (κ2) is 11.5. The molecule has 0 fully saturated rings. The smallest absolute Gasteiger partial charge is 0.306 e. The Bertz CT molecular complexity index is 756. The van der Waals surface area contributed by atoms with E-state index in [9.17, 15) is 14.4 Å². The van der Waals surface area contributed by atoms with Gasteiger partial charge in [-0.1, -0.05) is 24.9 Å². The van der Waals surface area contributed by atoms with Gasteiger partial charge < -0.3 is 19.3 Å². The molecular formula is C20H24N2O6. The summed E-state index contributed by atoms with van der Waals surface area (Å²) in [4.78, 5) is 35.4. The van der Waals surface area contributed by atoms with E-state index >= 15 is 0 Å². The van der Waals surface area contributed by atoms with Crippen molar-refractivity contribution >= 4 is 23.5 Å². The molecule has 0 saturated heterocycles. The van der Waals surface area contributed by atoms with Gasteiger partial charge in [-0.25, -0.2) is 0 Å². The third kappa shape index (κ3) is 7.61. The number of esters is 1. The number of carbonyl (C=O) groups excluding carboxylic acids is 3. The Balaban J connectivity index is 1.66. The zero-order valence-electron chi connectivity index (χ0n) is 15.8. The number of ketones is 1. The quantitative estimate of drug-likeness (QED) is 0.337. The number of amides is 1. The number of Topliss-reactive ketones (excluding diaryl/α,β-unsaturated/α-hetero) is 1. The molecule has 0 bridgehead atoms. The van der Waals surface area contributed by atoms with Gasteiger partial charge in [-0.3, -0.25) is 14.4 Å². The minimum Gasteiger partial charge on any atom is -0.494 e. The summed E-state index contributed by atoms with van der Waals surface area (Å²) in [5.74, 6) is -0.400. The Morgan fingerprint density at radius 1 is 1.07 bits per heavy atom. The van der Waals surface area contributed by atoms with E-state index in [2.05, 4.69) is 21.9 Å². The number of unbranched alkanes of at least 4 members (excludes halogenated alkanes) is 2. The number of ether oxygens (including phenoxy) is 2. The maximum absolute atomic E-state index is 12.2. The van der Waals surface area contributed by atoms with Crippen LogP contribution in [0.3, 0.4) is 0 Å². The van der Waals surface area contributed by atoms with E-state index in [0.717, 1.165) is 19.3 Å². The molecule has 28 heavy (non-hydrogen) atoms. The average Bonchev–Trinajstić information content (AvgIpc) is 3.21. The standard InChI is InChI=1S/C20H24N2O6/c1-2-3-4-12-26-16-7-5-15(6-8-16)17(23)9-10-20(25)27-14-19(24)21-18-11-13-28-22-18/h5-8,11,13H,2-4,9-10,12,14H2,1H3,(H,21,22,24). The Hall–Kier alpha value is -3.16. The van der Waals surface area contributed by atoms with Crippen LogP contribution in [0.2, 0.25) is 0 Å². The SMILES string of the molecule is CCCCCOc1ccc(C(=O)CCC(=O)OCC(=O)Nc2ccon2)cc1. The summed E-state index contributed by atoms with van der Waals surface area (Å²) in [6.45, 7) is 2.32. The lowest BCUT2D eigenvalue weighted by atomic mass is 10.1. The van der Waals surface area contributed by atoms with Gasteiger partial charge in [0.1, 0.15) is 12.0 Å². The van der Waals surface area contributed by atoms with Crippen LogP contribution in [0, 0.1) is 0 Å². The summed E-state index contributed by atoms with van der Waals surface area (Å²) >= 11 is 0. The number of hydrogen-bond acceptors (Lipinski definition) is 7. The van der Waals surface area contributed by atoms with Crippen molar-refractivity contribution in [1.29, 1.82) is 0 Å². The topological polar surface area (TPSA) is 108 Å². The van der Waals surface area contributed by atoms with E-state index in [1.807, 2.05) is 0 Å². The molecule has 1 heterocycles. The van der Waals surface area contributed by atoms with E-state index < -0.39 is 18.5 Å². The summed E-state index contributed by atoms with van der Waals surface area (Å²) in [5, 5.41) is 5.90. The third-order valence-electron chi connectivity index (χ3n) is 3.82. The molecule has 2 aromatic rings. The predicted molar refractivity (Wildman–Crippen MR) is 101 cm³/mol. The molecule has 1 N–H and O–H groups in total. The van der Waals surface area contributed by atoms with Gasteiger partial charge in [-0.2, -0.15) is 0 Å². The minimum absolute atomic E-state index is 0.000439. The number of nitrogens with zero attached hydrogens (tertiary/aromatic N) is 1. The largest absolute Gasteiger partial charge is 0.494 e. The predicted octanol–water partition coefficient (Wildman–Crippen LogP) is 3.39. The monoisotopic (exact) mass is 388 g/mol. The number of nitrogens with one attached hydrogen (secondary N) is 1. The Kier molecular flexibility index (Phi) is 8.71. The molecule has 1 aromatic carbocycles. The van der Waals surface area contributed by atoms with Crippen molar-refractivity contribution in [3.05, 3.63) is 42.2 Å². The third-order valence-corrected chi connectivity index (χ3v) is 3.82. The van der Waals surface area contributed by atoms with Gasteiger partial charge in [0, 0.05) is 18.1 Å². The van der Waals surface area contributed by atoms with Gasteiger partial charge in [0.25, 0.3) is 5.91 Å². The average molecular weight is 388 g/mol. The molecule has 0 aliphatic carbocycles. The lowest BCUT2D eigenvalue weighted by Crippen LogP contribution is -2.21. The fourth-order valence-electron chi connectivity index (χ4n) is 2.31. The van der Waals surface area contributed by atoms with Crippen LogP contribution in [0.25, 0.3) is 0 Å². The first-order chi connectivity index (χ1) is 13.6. The van der Waals surface area contributed by atoms with Crippen LogP contribution < -0.4 is 10.1 Å². The molecule has 0 spiro atoms. The number of carbonyl (C=O) groups is 3. The Morgan fingerprint density at radius 2 is 1.86 bits per heavy atom. The van der Waals surface area contributed by atoms with E-state index in [1.54, 1.807) is 24.3 Å². The van der Waals surface area contributed by atoms with Gasteiger partial charge in [0.15, 0.2) is 18.2 Å². The lowest BCUT2D eigenvalue weighted by molar-refractivity contribution is -0.147. The van der Waals surface area contributed by atoms with Crippen molar-refractivity contribution < 1.29 is 28.4 Å². The number of hydrogen-bond donors (Lipinski definition) is 1. The van der Waals surface area contributed by atoms with Crippen LogP contribution in [-0.4, -0.2) is 36.0 Å². The van der Waals surface area contributed by atoms with Crippen LogP contribution in [0.4, 0.5) is 5.82 Å². The van der Waals surface area contributed by atoms with Gasteiger partial charge in [0.2, 0.25) is 0 Å². The van der Waals surface area contributed by atoms with E-state index in [4.69, 9.17) is 9.47 Å². The molecule has 8 heteroatoms. The van der Waals surface area contributed by atoms with Crippen molar-refractivity contribution in [2.45, 2.75) is 39.0 Å². The molecule has 0 unspecified atom stereocenters. The van der Waals surface area contributed by atoms with E-state index in [-0.39, 0.29) is 24.4 Å². The van der Waals surface area contributed by atoms with Gasteiger partial charge in [-0.05, 0) is 30.7 Å². The fourth-order valence-corrected chi connectivity index (χ4v) is 2.31. The maximum Gasteiger partial charge on any atom is 0.306 e. The van der Waals surface area contributed by atoms with Gasteiger partial charge in [-0.15, -0.1) is 0 Å². The summed E-state index contributed by atoms with van der Waals surface area (Å²) in [5.41, 5.74) is 0.498. The van der Waals surface area contributed by atoms with Crippen molar-refractivity contribution in [1.82, 2.24) is 5.16 Å². The van der Waals surface area contributed by atoms with Crippen molar-refractivity contribution in [3.63, 3.8) is 0 Å². The molecule has 0 saturated carbocycles. The molecular weight excluding hydrogens is 364 g/mol. The normalized spacial score (nSPS) is 10.3. The number of benzene rings is 1. The van der Waals surface area contributed by atoms with Crippen LogP contribution in [0.15, 0.2) is 41.1 Å². The highest BCUT2D eigenvalue weighted by atomic mass is 16.5. The number of anilines is 1. The summed E-state index contributed by atoms with van der Waals surface area (Å²) < 4.78 is 15.0.